The van der Waals surface area contributed by atoms with E-state index in [2.05, 4.69) is 24.3 Å². The first-order chi connectivity index (χ1) is 16.6. The Kier molecular flexibility index (Phi) is 6.48. The molecule has 0 radical (unpaired) electrons. The summed E-state index contributed by atoms with van der Waals surface area (Å²) < 4.78 is 1.82. The van der Waals surface area contributed by atoms with Gasteiger partial charge in [0.1, 0.15) is 6.54 Å². The van der Waals surface area contributed by atoms with Crippen LogP contribution in [-0.2, 0) is 22.6 Å². The second kappa shape index (κ2) is 9.84. The van der Waals surface area contributed by atoms with E-state index in [1.165, 1.54) is 5.56 Å². The maximum Gasteiger partial charge on any atom is 0.295 e. The first kappa shape index (κ1) is 22.4. The predicted octanol–water partition coefficient (Wildman–Crippen LogP) is 3.93. The number of fused-ring (bicyclic) bond motifs is 1. The summed E-state index contributed by atoms with van der Waals surface area (Å²) in [6, 6.07) is 18.0. The number of Topliss-reactive ketones (excluding diaryl/α,β-unsaturated/α-hetero) is 1. The minimum atomic E-state index is -0.481. The summed E-state index contributed by atoms with van der Waals surface area (Å²) in [7, 11) is 0. The highest BCUT2D eigenvalue weighted by atomic mass is 16.2. The Labute approximate surface area is 200 Å². The molecule has 1 aromatic heterocycles. The molecule has 2 aromatic carbocycles. The Balaban J connectivity index is 1.27. The first-order valence-corrected chi connectivity index (χ1v) is 12.3. The molecule has 3 aromatic rings. The van der Waals surface area contributed by atoms with Crippen molar-refractivity contribution in [2.45, 2.75) is 38.6 Å². The number of hydrogen-bond donors (Lipinski definition) is 0. The quantitative estimate of drug-likeness (QED) is 0.416. The number of ketones is 1. The van der Waals surface area contributed by atoms with Crippen LogP contribution < -0.4 is 0 Å². The fourth-order valence-corrected chi connectivity index (χ4v) is 5.32. The van der Waals surface area contributed by atoms with E-state index in [-0.39, 0.29) is 12.5 Å². The highest BCUT2D eigenvalue weighted by molar-refractivity contribution is 6.44. The standard InChI is InChI=1S/C28H31N3O3/c32-26(29-14-6-7-15-29)20-31-19-24(23-10-4-5-11-25(23)31)27(33)28(34)30-16-12-22(13-17-30)18-21-8-2-1-3-9-21/h1-5,8-11,19,22H,6-7,12-18,20H2. The maximum absolute atomic E-state index is 13.3. The van der Waals surface area contributed by atoms with Crippen LogP contribution in [0.1, 0.15) is 41.6 Å². The van der Waals surface area contributed by atoms with E-state index in [0.717, 1.165) is 56.1 Å². The van der Waals surface area contributed by atoms with Gasteiger partial charge in [0.15, 0.2) is 0 Å². The fourth-order valence-electron chi connectivity index (χ4n) is 5.32. The lowest BCUT2D eigenvalue weighted by molar-refractivity contribution is -0.130. The Bertz CT molecular complexity index is 1190. The molecule has 0 bridgehead atoms. The number of carbonyl (C=O) groups excluding carboxylic acids is 3. The van der Waals surface area contributed by atoms with Crippen molar-refractivity contribution < 1.29 is 14.4 Å². The van der Waals surface area contributed by atoms with E-state index in [1.54, 1.807) is 11.1 Å². The van der Waals surface area contributed by atoms with Crippen LogP contribution in [0.25, 0.3) is 10.9 Å². The minimum Gasteiger partial charge on any atom is -0.341 e. The second-order valence-corrected chi connectivity index (χ2v) is 9.53. The molecule has 0 spiro atoms. The van der Waals surface area contributed by atoms with Gasteiger partial charge in [0.2, 0.25) is 5.91 Å². The summed E-state index contributed by atoms with van der Waals surface area (Å²) in [6.07, 6.45) is 6.59. The molecule has 6 nitrogen and oxygen atoms in total. The molecule has 34 heavy (non-hydrogen) atoms. The second-order valence-electron chi connectivity index (χ2n) is 9.53. The lowest BCUT2D eigenvalue weighted by atomic mass is 9.90. The SMILES string of the molecule is O=C(C(=O)N1CCC(Cc2ccccc2)CC1)c1cn(CC(=O)N2CCCC2)c2ccccc12. The molecule has 2 fully saturated rings. The van der Waals surface area contributed by atoms with E-state index in [0.29, 0.717) is 24.6 Å². The van der Waals surface area contributed by atoms with Crippen molar-refractivity contribution in [3.8, 4) is 0 Å². The van der Waals surface area contributed by atoms with E-state index in [9.17, 15) is 14.4 Å². The number of rotatable bonds is 6. The average Bonchev–Trinajstić information content (AvgIpc) is 3.53. The summed E-state index contributed by atoms with van der Waals surface area (Å²) in [6.45, 7) is 2.99. The number of nitrogens with zero attached hydrogens (tertiary/aromatic N) is 3. The van der Waals surface area contributed by atoms with E-state index < -0.39 is 11.7 Å². The largest absolute Gasteiger partial charge is 0.341 e. The minimum absolute atomic E-state index is 0.0593. The van der Waals surface area contributed by atoms with Gasteiger partial charge < -0.3 is 14.4 Å². The Morgan fingerprint density at radius 3 is 2.21 bits per heavy atom. The molecule has 3 heterocycles. The van der Waals surface area contributed by atoms with Crippen LogP contribution >= 0.6 is 0 Å². The van der Waals surface area contributed by atoms with Crippen molar-refractivity contribution in [3.63, 3.8) is 0 Å². The van der Waals surface area contributed by atoms with Gasteiger partial charge >= 0.3 is 0 Å². The van der Waals surface area contributed by atoms with Crippen LogP contribution in [0.15, 0.2) is 60.8 Å². The van der Waals surface area contributed by atoms with Gasteiger partial charge in [-0.05, 0) is 49.7 Å². The van der Waals surface area contributed by atoms with Crippen LogP contribution in [0.2, 0.25) is 0 Å². The molecule has 0 N–H and O–H groups in total. The van der Waals surface area contributed by atoms with Crippen LogP contribution in [-0.4, -0.2) is 58.1 Å². The van der Waals surface area contributed by atoms with E-state index in [1.807, 2.05) is 39.8 Å². The molecule has 0 unspecified atom stereocenters. The van der Waals surface area contributed by atoms with Crippen molar-refractivity contribution in [2.75, 3.05) is 26.2 Å². The maximum atomic E-state index is 13.3. The third-order valence-corrected chi connectivity index (χ3v) is 7.26. The number of benzene rings is 2. The smallest absolute Gasteiger partial charge is 0.295 e. The summed E-state index contributed by atoms with van der Waals surface area (Å²) in [5.41, 5.74) is 2.52. The van der Waals surface area contributed by atoms with Crippen LogP contribution in [0.4, 0.5) is 0 Å². The van der Waals surface area contributed by atoms with Crippen molar-refractivity contribution >= 4 is 28.5 Å². The van der Waals surface area contributed by atoms with Crippen molar-refractivity contribution in [2.24, 2.45) is 5.92 Å². The summed E-state index contributed by atoms with van der Waals surface area (Å²) in [5.74, 6) is -0.332. The zero-order valence-electron chi connectivity index (χ0n) is 19.5. The lowest BCUT2D eigenvalue weighted by Gasteiger charge is -2.31. The Hall–Kier alpha value is -3.41. The zero-order chi connectivity index (χ0) is 23.5. The first-order valence-electron chi connectivity index (χ1n) is 12.3. The Morgan fingerprint density at radius 2 is 1.47 bits per heavy atom. The highest BCUT2D eigenvalue weighted by Crippen LogP contribution is 2.25. The molecule has 0 atom stereocenters. The van der Waals surface area contributed by atoms with Gasteiger partial charge in [-0.2, -0.15) is 0 Å². The molecule has 2 aliphatic rings. The van der Waals surface area contributed by atoms with Gasteiger partial charge in [0.05, 0.1) is 5.56 Å². The van der Waals surface area contributed by atoms with Gasteiger partial charge in [-0.25, -0.2) is 0 Å². The molecule has 2 saturated heterocycles. The molecule has 0 aliphatic carbocycles. The number of amides is 2. The van der Waals surface area contributed by atoms with Crippen LogP contribution in [0.3, 0.4) is 0 Å². The van der Waals surface area contributed by atoms with Crippen molar-refractivity contribution in [1.29, 1.82) is 0 Å². The average molecular weight is 458 g/mol. The number of hydrogen-bond acceptors (Lipinski definition) is 3. The van der Waals surface area contributed by atoms with Gasteiger partial charge in [0, 0.05) is 43.3 Å². The summed E-state index contributed by atoms with van der Waals surface area (Å²) in [4.78, 5) is 42.7. The van der Waals surface area contributed by atoms with E-state index >= 15 is 0 Å². The zero-order valence-corrected chi connectivity index (χ0v) is 19.5. The van der Waals surface area contributed by atoms with E-state index in [4.69, 9.17) is 0 Å². The molecule has 5 rings (SSSR count). The summed E-state index contributed by atoms with van der Waals surface area (Å²) >= 11 is 0. The number of carbonyl (C=O) groups is 3. The van der Waals surface area contributed by atoms with Crippen LogP contribution in [0, 0.1) is 5.92 Å². The molecule has 6 heteroatoms. The molecule has 2 aliphatic heterocycles. The molecule has 2 amide bonds. The topological polar surface area (TPSA) is 62.6 Å². The third kappa shape index (κ3) is 4.63. The fraction of sp³-hybridized carbons (Fsp3) is 0.393. The molecule has 0 saturated carbocycles. The molecular formula is C28H31N3O3. The number of likely N-dealkylation sites (tertiary alicyclic amines) is 2. The molecular weight excluding hydrogens is 426 g/mol. The lowest BCUT2D eigenvalue weighted by Crippen LogP contribution is -2.42. The third-order valence-electron chi connectivity index (χ3n) is 7.26. The molecule has 176 valence electrons. The number of para-hydroxylation sites is 1. The van der Waals surface area contributed by atoms with Gasteiger partial charge in [-0.1, -0.05) is 48.5 Å². The van der Waals surface area contributed by atoms with Gasteiger partial charge in [-0.3, -0.25) is 14.4 Å². The normalized spacial score (nSPS) is 16.8. The van der Waals surface area contributed by atoms with Crippen LogP contribution in [0.5, 0.6) is 0 Å². The van der Waals surface area contributed by atoms with Gasteiger partial charge in [0.25, 0.3) is 11.7 Å². The Morgan fingerprint density at radius 1 is 0.794 bits per heavy atom. The highest BCUT2D eigenvalue weighted by Gasteiger charge is 2.30. The van der Waals surface area contributed by atoms with Gasteiger partial charge in [-0.15, -0.1) is 0 Å². The summed E-state index contributed by atoms with van der Waals surface area (Å²) in [5, 5.41) is 0.731. The monoisotopic (exact) mass is 457 g/mol. The number of piperidine rings is 1. The van der Waals surface area contributed by atoms with Crippen molar-refractivity contribution in [1.82, 2.24) is 14.4 Å². The predicted molar refractivity (Wildman–Crippen MR) is 132 cm³/mol. The number of aromatic nitrogens is 1. The van der Waals surface area contributed by atoms with Crippen molar-refractivity contribution in [3.05, 3.63) is 71.9 Å².